The second-order valence-electron chi connectivity index (χ2n) is 4.67. The first-order chi connectivity index (χ1) is 7.93. The Morgan fingerprint density at radius 1 is 1.29 bits per heavy atom. The van der Waals surface area contributed by atoms with Crippen molar-refractivity contribution in [3.8, 4) is 0 Å². The van der Waals surface area contributed by atoms with E-state index in [9.17, 15) is 4.79 Å². The van der Waals surface area contributed by atoms with Crippen molar-refractivity contribution in [3.63, 3.8) is 0 Å². The molecule has 0 saturated heterocycles. The zero-order valence-corrected chi connectivity index (χ0v) is 10.8. The quantitative estimate of drug-likeness (QED) is 0.844. The number of carbonyl (C=O) groups is 1. The molecule has 1 aromatic carbocycles. The first kappa shape index (κ1) is 11.7. The smallest absolute Gasteiger partial charge is 0.221 e. The van der Waals surface area contributed by atoms with Gasteiger partial charge in [0.1, 0.15) is 0 Å². The second-order valence-corrected chi connectivity index (χ2v) is 4.67. The molecule has 0 unspecified atom stereocenters. The summed E-state index contributed by atoms with van der Waals surface area (Å²) in [5.41, 5.74) is 11.2. The molecule has 0 saturated carbocycles. The van der Waals surface area contributed by atoms with Gasteiger partial charge in [-0.25, -0.2) is 0 Å². The monoisotopic (exact) mass is 230 g/mol. The minimum atomic E-state index is -0.279. The summed E-state index contributed by atoms with van der Waals surface area (Å²) < 4.78 is 2.15. The highest BCUT2D eigenvalue weighted by Crippen LogP contribution is 2.29. The average Bonchev–Trinajstić information content (AvgIpc) is 2.49. The summed E-state index contributed by atoms with van der Waals surface area (Å²) in [6.45, 7) is 6.25. The van der Waals surface area contributed by atoms with Crippen LogP contribution in [0.5, 0.6) is 0 Å². The number of primary amides is 1. The molecule has 2 aromatic rings. The number of hydrogen-bond donors (Lipinski definition) is 1. The zero-order chi connectivity index (χ0) is 12.7. The molecule has 2 N–H and O–H groups in total. The number of carbonyl (C=O) groups excluding carboxylic acids is 1. The molecule has 0 aliphatic carbocycles. The number of aromatic nitrogens is 1. The molecule has 3 heteroatoms. The highest BCUT2D eigenvalue weighted by molar-refractivity contribution is 5.92. The van der Waals surface area contributed by atoms with Crippen LogP contribution in [0.3, 0.4) is 0 Å². The van der Waals surface area contributed by atoms with Crippen LogP contribution in [0.4, 0.5) is 0 Å². The van der Waals surface area contributed by atoms with Crippen molar-refractivity contribution in [2.45, 2.75) is 27.2 Å². The summed E-state index contributed by atoms with van der Waals surface area (Å²) in [6, 6.07) is 4.19. The van der Waals surface area contributed by atoms with Gasteiger partial charge in [-0.2, -0.15) is 0 Å². The molecule has 2 rings (SSSR count). The van der Waals surface area contributed by atoms with Gasteiger partial charge in [-0.3, -0.25) is 4.79 Å². The predicted octanol–water partition coefficient (Wildman–Crippen LogP) is 2.13. The zero-order valence-electron chi connectivity index (χ0n) is 10.8. The van der Waals surface area contributed by atoms with Gasteiger partial charge in [0.2, 0.25) is 5.91 Å². The molecule has 0 aliphatic heterocycles. The van der Waals surface area contributed by atoms with E-state index in [2.05, 4.69) is 30.5 Å². The molecule has 1 heterocycles. The summed E-state index contributed by atoms with van der Waals surface area (Å²) >= 11 is 0. The van der Waals surface area contributed by atoms with Crippen molar-refractivity contribution in [1.29, 1.82) is 0 Å². The Morgan fingerprint density at radius 3 is 2.53 bits per heavy atom. The van der Waals surface area contributed by atoms with Crippen LogP contribution in [0.2, 0.25) is 0 Å². The van der Waals surface area contributed by atoms with Crippen LogP contribution in [0.15, 0.2) is 12.1 Å². The SMILES string of the molecule is Cc1ccc2c(CC(N)=O)c(C)n(C)c2c1C. The van der Waals surface area contributed by atoms with Gasteiger partial charge >= 0.3 is 0 Å². The molecule has 0 fully saturated rings. The van der Waals surface area contributed by atoms with Gasteiger partial charge in [0.15, 0.2) is 0 Å². The molecule has 0 spiro atoms. The normalized spacial score (nSPS) is 11.1. The molecule has 1 aromatic heterocycles. The van der Waals surface area contributed by atoms with Crippen LogP contribution in [0, 0.1) is 20.8 Å². The van der Waals surface area contributed by atoms with Gasteiger partial charge in [-0.1, -0.05) is 12.1 Å². The lowest BCUT2D eigenvalue weighted by Crippen LogP contribution is -2.14. The molecule has 0 bridgehead atoms. The summed E-state index contributed by atoms with van der Waals surface area (Å²) in [5.74, 6) is -0.279. The molecular formula is C14H18N2O. The van der Waals surface area contributed by atoms with Gasteiger partial charge in [-0.15, -0.1) is 0 Å². The molecule has 1 amide bonds. The fourth-order valence-electron chi connectivity index (χ4n) is 2.44. The van der Waals surface area contributed by atoms with Gasteiger partial charge in [0.25, 0.3) is 0 Å². The predicted molar refractivity (Wildman–Crippen MR) is 70.0 cm³/mol. The van der Waals surface area contributed by atoms with Crippen LogP contribution in [0.1, 0.15) is 22.4 Å². The van der Waals surface area contributed by atoms with Crippen molar-refractivity contribution < 1.29 is 4.79 Å². The number of rotatable bonds is 2. The average molecular weight is 230 g/mol. The second kappa shape index (κ2) is 3.91. The van der Waals surface area contributed by atoms with E-state index >= 15 is 0 Å². The van der Waals surface area contributed by atoms with Crippen LogP contribution < -0.4 is 5.73 Å². The maximum absolute atomic E-state index is 11.1. The molecule has 3 nitrogen and oxygen atoms in total. The lowest BCUT2D eigenvalue weighted by atomic mass is 10.0. The summed E-state index contributed by atoms with van der Waals surface area (Å²) in [6.07, 6.45) is 0.311. The highest BCUT2D eigenvalue weighted by Gasteiger charge is 2.15. The Morgan fingerprint density at radius 2 is 1.94 bits per heavy atom. The van der Waals surface area contributed by atoms with Gasteiger partial charge in [0, 0.05) is 18.1 Å². The number of aryl methyl sites for hydroxylation is 3. The maximum Gasteiger partial charge on any atom is 0.221 e. The molecule has 0 aliphatic rings. The fraction of sp³-hybridized carbons (Fsp3) is 0.357. The summed E-state index contributed by atoms with van der Waals surface area (Å²) in [7, 11) is 2.04. The molecular weight excluding hydrogens is 212 g/mol. The minimum absolute atomic E-state index is 0.279. The maximum atomic E-state index is 11.1. The van der Waals surface area contributed by atoms with E-state index in [0.717, 1.165) is 16.6 Å². The van der Waals surface area contributed by atoms with E-state index in [0.29, 0.717) is 6.42 Å². The molecule has 0 atom stereocenters. The topological polar surface area (TPSA) is 48.0 Å². The molecule has 0 radical (unpaired) electrons. The first-order valence-electron chi connectivity index (χ1n) is 5.76. The molecule has 90 valence electrons. The van der Waals surface area contributed by atoms with Crippen molar-refractivity contribution in [2.24, 2.45) is 12.8 Å². The van der Waals surface area contributed by atoms with Crippen LogP contribution in [-0.2, 0) is 18.3 Å². The highest BCUT2D eigenvalue weighted by atomic mass is 16.1. The Hall–Kier alpha value is -1.77. The van der Waals surface area contributed by atoms with Crippen molar-refractivity contribution in [1.82, 2.24) is 4.57 Å². The Kier molecular flexibility index (Phi) is 2.69. The number of nitrogens with two attached hydrogens (primary N) is 1. The summed E-state index contributed by atoms with van der Waals surface area (Å²) in [5, 5.41) is 1.15. The van der Waals surface area contributed by atoms with E-state index in [1.807, 2.05) is 14.0 Å². The summed E-state index contributed by atoms with van der Waals surface area (Å²) in [4.78, 5) is 11.1. The van der Waals surface area contributed by atoms with Gasteiger partial charge < -0.3 is 10.3 Å². The third-order valence-electron chi connectivity index (χ3n) is 3.65. The van der Waals surface area contributed by atoms with E-state index in [-0.39, 0.29) is 5.91 Å². The lowest BCUT2D eigenvalue weighted by molar-refractivity contribution is -0.117. The lowest BCUT2D eigenvalue weighted by Gasteiger charge is -2.05. The number of nitrogens with zero attached hydrogens (tertiary/aromatic N) is 1. The van der Waals surface area contributed by atoms with Gasteiger partial charge in [0.05, 0.1) is 11.9 Å². The van der Waals surface area contributed by atoms with E-state index in [4.69, 9.17) is 5.73 Å². The van der Waals surface area contributed by atoms with E-state index in [1.165, 1.54) is 16.6 Å². The minimum Gasteiger partial charge on any atom is -0.369 e. The van der Waals surface area contributed by atoms with Crippen molar-refractivity contribution in [2.75, 3.05) is 0 Å². The first-order valence-corrected chi connectivity index (χ1v) is 5.76. The Bertz CT molecular complexity index is 608. The standard InChI is InChI=1S/C14H18N2O/c1-8-5-6-11-12(7-13(15)17)10(3)16(4)14(11)9(8)2/h5-6H,7H2,1-4H3,(H2,15,17). The van der Waals surface area contributed by atoms with E-state index < -0.39 is 0 Å². The van der Waals surface area contributed by atoms with Crippen LogP contribution in [-0.4, -0.2) is 10.5 Å². The fourth-order valence-corrected chi connectivity index (χ4v) is 2.44. The third kappa shape index (κ3) is 1.71. The number of fused-ring (bicyclic) bond motifs is 1. The number of hydrogen-bond acceptors (Lipinski definition) is 1. The molecule has 17 heavy (non-hydrogen) atoms. The largest absolute Gasteiger partial charge is 0.369 e. The number of amides is 1. The van der Waals surface area contributed by atoms with Crippen LogP contribution in [0.25, 0.3) is 10.9 Å². The Balaban J connectivity index is 2.82. The van der Waals surface area contributed by atoms with E-state index in [1.54, 1.807) is 0 Å². The third-order valence-corrected chi connectivity index (χ3v) is 3.65. The Labute approximate surface area is 101 Å². The van der Waals surface area contributed by atoms with Crippen LogP contribution >= 0.6 is 0 Å². The van der Waals surface area contributed by atoms with Crippen molar-refractivity contribution in [3.05, 3.63) is 34.5 Å². The van der Waals surface area contributed by atoms with Gasteiger partial charge in [-0.05, 0) is 37.5 Å². The van der Waals surface area contributed by atoms with Crippen molar-refractivity contribution >= 4 is 16.8 Å². The number of benzene rings is 1.